The lowest BCUT2D eigenvalue weighted by atomic mass is 10.1. The Morgan fingerprint density at radius 2 is 2.03 bits per heavy atom. The average Bonchev–Trinajstić information content (AvgIpc) is 3.23. The fraction of sp³-hybridized carbons (Fsp3) is 0.182. The van der Waals surface area contributed by atoms with Gasteiger partial charge < -0.3 is 4.52 Å². The highest BCUT2D eigenvalue weighted by atomic mass is 35.5. The highest BCUT2D eigenvalue weighted by Gasteiger charge is 2.17. The third-order valence-electron chi connectivity index (χ3n) is 4.62. The van der Waals surface area contributed by atoms with Crippen molar-refractivity contribution in [2.45, 2.75) is 24.9 Å². The van der Waals surface area contributed by atoms with Gasteiger partial charge in [0.15, 0.2) is 5.16 Å². The Labute approximate surface area is 191 Å². The molecule has 0 radical (unpaired) electrons. The van der Waals surface area contributed by atoms with Gasteiger partial charge in [-0.25, -0.2) is 9.37 Å². The van der Waals surface area contributed by atoms with Crippen LogP contribution in [0.4, 0.5) is 10.3 Å². The third kappa shape index (κ3) is 4.53. The summed E-state index contributed by atoms with van der Waals surface area (Å²) in [6.45, 7) is 3.93. The second-order valence-corrected chi connectivity index (χ2v) is 8.61. The number of nitrogens with zero attached hydrogens (tertiary/aromatic N) is 3. The van der Waals surface area contributed by atoms with Crippen molar-refractivity contribution in [1.82, 2.24) is 14.7 Å². The van der Waals surface area contributed by atoms with Gasteiger partial charge in [0, 0.05) is 6.07 Å². The Morgan fingerprint density at radius 1 is 1.25 bits per heavy atom. The fourth-order valence-electron chi connectivity index (χ4n) is 2.98. The van der Waals surface area contributed by atoms with Gasteiger partial charge in [-0.1, -0.05) is 54.5 Å². The van der Waals surface area contributed by atoms with Crippen LogP contribution in [-0.2, 0) is 4.79 Å². The predicted octanol–water partition coefficient (Wildman–Crippen LogP) is 5.02. The molecular weight excluding hydrogens is 455 g/mol. The number of anilines is 1. The first kappa shape index (κ1) is 22.0. The molecular formula is C22H18ClFN4O3S. The van der Waals surface area contributed by atoms with Crippen LogP contribution in [0.1, 0.15) is 25.5 Å². The predicted molar refractivity (Wildman–Crippen MR) is 122 cm³/mol. The Balaban J connectivity index is 1.65. The Bertz CT molecular complexity index is 1370. The summed E-state index contributed by atoms with van der Waals surface area (Å²) in [4.78, 5) is 30.2. The summed E-state index contributed by atoms with van der Waals surface area (Å²) in [7, 11) is 0. The number of aromatic nitrogens is 3. The number of amides is 1. The lowest BCUT2D eigenvalue weighted by molar-refractivity contribution is -0.113. The average molecular weight is 473 g/mol. The molecule has 0 spiro atoms. The second-order valence-electron chi connectivity index (χ2n) is 7.26. The maximum absolute atomic E-state index is 13.7. The number of benzene rings is 2. The van der Waals surface area contributed by atoms with E-state index in [1.165, 1.54) is 22.8 Å². The lowest BCUT2D eigenvalue weighted by Gasteiger charge is -2.13. The molecule has 4 aromatic rings. The molecule has 7 nitrogen and oxygen atoms in total. The molecule has 0 saturated heterocycles. The van der Waals surface area contributed by atoms with Crippen LogP contribution >= 0.6 is 23.4 Å². The van der Waals surface area contributed by atoms with E-state index < -0.39 is 5.82 Å². The molecule has 0 aliphatic carbocycles. The van der Waals surface area contributed by atoms with Gasteiger partial charge >= 0.3 is 0 Å². The van der Waals surface area contributed by atoms with E-state index >= 15 is 0 Å². The molecule has 2 aromatic heterocycles. The molecule has 0 unspecified atom stereocenters. The maximum atomic E-state index is 13.7. The topological polar surface area (TPSA) is 90.0 Å². The van der Waals surface area contributed by atoms with Crippen molar-refractivity contribution < 1.29 is 13.7 Å². The van der Waals surface area contributed by atoms with Gasteiger partial charge in [0.2, 0.25) is 11.8 Å². The van der Waals surface area contributed by atoms with E-state index in [0.29, 0.717) is 16.6 Å². The molecule has 0 aliphatic rings. The fourth-order valence-corrected chi connectivity index (χ4v) is 3.97. The van der Waals surface area contributed by atoms with Gasteiger partial charge in [-0.05, 0) is 36.2 Å². The summed E-state index contributed by atoms with van der Waals surface area (Å²) in [6, 6.07) is 12.5. The van der Waals surface area contributed by atoms with Gasteiger partial charge in [0.1, 0.15) is 5.82 Å². The van der Waals surface area contributed by atoms with E-state index in [4.69, 9.17) is 16.1 Å². The minimum atomic E-state index is -0.599. The van der Waals surface area contributed by atoms with Crippen LogP contribution in [-0.4, -0.2) is 26.4 Å². The summed E-state index contributed by atoms with van der Waals surface area (Å²) < 4.78 is 20.1. The SMILES string of the molecule is CC(C)c1cc(NC(=O)CSc2nc3ccccc3c(=O)n2-c2ccc(F)c(Cl)c2)on1. The number of thioether (sulfide) groups is 1. The van der Waals surface area contributed by atoms with Crippen LogP contribution in [0, 0.1) is 5.82 Å². The van der Waals surface area contributed by atoms with Gasteiger partial charge in [-0.3, -0.25) is 19.5 Å². The van der Waals surface area contributed by atoms with Crippen molar-refractivity contribution in [2.75, 3.05) is 11.1 Å². The third-order valence-corrected chi connectivity index (χ3v) is 5.85. The summed E-state index contributed by atoms with van der Waals surface area (Å²) in [5.41, 5.74) is 1.21. The summed E-state index contributed by atoms with van der Waals surface area (Å²) in [5, 5.41) is 7.09. The Kier molecular flexibility index (Phi) is 6.29. The van der Waals surface area contributed by atoms with Gasteiger partial charge in [0.05, 0.1) is 33.1 Å². The van der Waals surface area contributed by atoms with Gasteiger partial charge in [-0.15, -0.1) is 0 Å². The van der Waals surface area contributed by atoms with Crippen molar-refractivity contribution in [3.05, 3.63) is 75.4 Å². The largest absolute Gasteiger partial charge is 0.338 e. The minimum Gasteiger partial charge on any atom is -0.338 e. The van der Waals surface area contributed by atoms with Gasteiger partial charge in [0.25, 0.3) is 5.56 Å². The Hall–Kier alpha value is -3.17. The van der Waals surface area contributed by atoms with Crippen molar-refractivity contribution >= 4 is 46.1 Å². The number of para-hydroxylation sites is 1. The molecule has 4 rings (SSSR count). The molecule has 0 fully saturated rings. The number of nitrogens with one attached hydrogen (secondary N) is 1. The van der Waals surface area contributed by atoms with Crippen molar-refractivity contribution in [3.63, 3.8) is 0 Å². The number of halogens is 2. The van der Waals surface area contributed by atoms with Crippen LogP contribution in [0.3, 0.4) is 0 Å². The number of rotatable bonds is 6. The van der Waals surface area contributed by atoms with Crippen LogP contribution in [0.5, 0.6) is 0 Å². The second kappa shape index (κ2) is 9.13. The molecule has 1 N–H and O–H groups in total. The van der Waals surface area contributed by atoms with Crippen molar-refractivity contribution in [3.8, 4) is 5.69 Å². The number of carbonyl (C=O) groups is 1. The quantitative estimate of drug-likeness (QED) is 0.313. The van der Waals surface area contributed by atoms with Crippen LogP contribution < -0.4 is 10.9 Å². The zero-order valence-electron chi connectivity index (χ0n) is 17.1. The first-order valence-corrected chi connectivity index (χ1v) is 11.1. The van der Waals surface area contributed by atoms with E-state index in [2.05, 4.69) is 15.5 Å². The van der Waals surface area contributed by atoms with E-state index in [1.54, 1.807) is 30.3 Å². The lowest BCUT2D eigenvalue weighted by Crippen LogP contribution is -2.23. The molecule has 0 atom stereocenters. The smallest absolute Gasteiger partial charge is 0.266 e. The normalized spacial score (nSPS) is 11.3. The van der Waals surface area contributed by atoms with Crippen LogP contribution in [0.2, 0.25) is 5.02 Å². The van der Waals surface area contributed by atoms with Gasteiger partial charge in [-0.2, -0.15) is 0 Å². The first-order chi connectivity index (χ1) is 15.3. The van der Waals surface area contributed by atoms with Crippen LogP contribution in [0.25, 0.3) is 16.6 Å². The number of hydrogen-bond acceptors (Lipinski definition) is 6. The highest BCUT2D eigenvalue weighted by Crippen LogP contribution is 2.25. The summed E-state index contributed by atoms with van der Waals surface area (Å²) in [5.74, 6) is -0.588. The molecule has 32 heavy (non-hydrogen) atoms. The highest BCUT2D eigenvalue weighted by molar-refractivity contribution is 7.99. The molecule has 10 heteroatoms. The summed E-state index contributed by atoms with van der Waals surface area (Å²) >= 11 is 6.99. The molecule has 0 aliphatic heterocycles. The molecule has 1 amide bonds. The Morgan fingerprint density at radius 3 is 2.75 bits per heavy atom. The van der Waals surface area contributed by atoms with E-state index in [0.717, 1.165) is 17.5 Å². The monoisotopic (exact) mass is 472 g/mol. The molecule has 0 bridgehead atoms. The minimum absolute atomic E-state index is 0.0442. The maximum Gasteiger partial charge on any atom is 0.266 e. The standard InChI is InChI=1S/C22H18ClFN4O3S/c1-12(2)18-10-20(31-27-18)26-19(29)11-32-22-25-17-6-4-3-5-14(17)21(30)28(22)13-7-8-16(24)15(23)9-13/h3-10,12H,11H2,1-2H3,(H,26,29). The van der Waals surface area contributed by atoms with E-state index in [1.807, 2.05) is 13.8 Å². The van der Waals surface area contributed by atoms with Crippen LogP contribution in [0.15, 0.2) is 63.0 Å². The molecule has 2 aromatic carbocycles. The zero-order valence-corrected chi connectivity index (χ0v) is 18.7. The first-order valence-electron chi connectivity index (χ1n) is 9.70. The molecule has 2 heterocycles. The van der Waals surface area contributed by atoms with E-state index in [-0.39, 0.29) is 39.2 Å². The molecule has 164 valence electrons. The van der Waals surface area contributed by atoms with E-state index in [9.17, 15) is 14.0 Å². The number of fused-ring (bicyclic) bond motifs is 1. The number of carbonyl (C=O) groups excluding carboxylic acids is 1. The molecule has 0 saturated carbocycles. The summed E-state index contributed by atoms with van der Waals surface area (Å²) in [6.07, 6.45) is 0. The zero-order chi connectivity index (χ0) is 22.8. The van der Waals surface area contributed by atoms with Crippen molar-refractivity contribution in [2.24, 2.45) is 0 Å². The van der Waals surface area contributed by atoms with Crippen molar-refractivity contribution in [1.29, 1.82) is 0 Å². The number of hydrogen-bond donors (Lipinski definition) is 1.